The molecule has 4 aliphatic rings. The van der Waals surface area contributed by atoms with Crippen molar-refractivity contribution in [2.45, 2.75) is 36.2 Å². The van der Waals surface area contributed by atoms with Gasteiger partial charge in [0.05, 0.1) is 11.1 Å². The molecule has 5 amide bonds. The van der Waals surface area contributed by atoms with E-state index in [1.807, 2.05) is 4.90 Å². The van der Waals surface area contributed by atoms with Gasteiger partial charge in [-0.1, -0.05) is 12.1 Å². The van der Waals surface area contributed by atoms with Gasteiger partial charge in [0.1, 0.15) is 28.5 Å². The summed E-state index contributed by atoms with van der Waals surface area (Å²) in [5.74, 6) is -2.69. The highest BCUT2D eigenvalue weighted by Gasteiger charge is 2.44. The van der Waals surface area contributed by atoms with Gasteiger partial charge in [-0.15, -0.1) is 0 Å². The second-order valence-electron chi connectivity index (χ2n) is 13.0. The molecule has 0 aromatic heterocycles. The van der Waals surface area contributed by atoms with Crippen LogP contribution in [-0.2, 0) is 34.4 Å². The average molecular weight is 717 g/mol. The van der Waals surface area contributed by atoms with Crippen LogP contribution in [0.4, 0.5) is 10.5 Å². The van der Waals surface area contributed by atoms with Gasteiger partial charge in [0.2, 0.25) is 11.8 Å². The number of amides is 5. The molecule has 0 N–H and O–H groups in total. The van der Waals surface area contributed by atoms with Gasteiger partial charge in [-0.2, -0.15) is 0 Å². The van der Waals surface area contributed by atoms with Crippen LogP contribution in [0.25, 0.3) is 0 Å². The number of anilines is 1. The summed E-state index contributed by atoms with van der Waals surface area (Å²) in [5, 5.41) is 0. The van der Waals surface area contributed by atoms with Gasteiger partial charge in [-0.3, -0.25) is 19.2 Å². The lowest BCUT2D eigenvalue weighted by atomic mass is 10.1. The molecule has 2 aromatic rings. The molecule has 2 saturated heterocycles. The van der Waals surface area contributed by atoms with Gasteiger partial charge in [0, 0.05) is 58.0 Å². The first-order valence-corrected chi connectivity index (χ1v) is 18.5. The summed E-state index contributed by atoms with van der Waals surface area (Å²) < 4.78 is 58.9. The maximum absolute atomic E-state index is 13.4. The van der Waals surface area contributed by atoms with Crippen molar-refractivity contribution in [1.29, 1.82) is 0 Å². The maximum Gasteiger partial charge on any atom is 0.410 e. The van der Waals surface area contributed by atoms with Crippen LogP contribution in [0.1, 0.15) is 41.5 Å². The number of nitrogens with zero attached hydrogens (tertiary/aromatic N) is 6. The Bertz CT molecular complexity index is 1960. The predicted molar refractivity (Wildman–Crippen MR) is 173 cm³/mol. The summed E-state index contributed by atoms with van der Waals surface area (Å²) in [6.07, 6.45) is -0.503. The number of hydrogen-bond acceptors (Lipinski definition) is 11. The quantitative estimate of drug-likeness (QED) is 0.418. The Morgan fingerprint density at radius 1 is 0.653 bits per heavy atom. The van der Waals surface area contributed by atoms with E-state index in [9.17, 15) is 40.8 Å². The summed E-state index contributed by atoms with van der Waals surface area (Å²) in [6.45, 7) is 5.63. The number of carbonyl (C=O) groups is 5. The molecule has 18 heteroatoms. The minimum atomic E-state index is -4.29. The zero-order valence-corrected chi connectivity index (χ0v) is 28.8. The molecular weight excluding hydrogens is 681 g/mol. The van der Waals surface area contributed by atoms with Crippen LogP contribution in [0.3, 0.4) is 0 Å². The lowest BCUT2D eigenvalue weighted by Crippen LogP contribution is -2.53. The van der Waals surface area contributed by atoms with Gasteiger partial charge in [-0.05, 0) is 51.1 Å². The number of piperazine rings is 2. The standard InChI is InChI=1S/C31H36N6O10S2/c1-31(2,3)47-30(42)35-16-14-34(15-17-35)27(39)20-37-29(41)23-18-21(8-9-25(23)49(37,45)46)32-10-12-33(13-11-32)26(38)19-36-28(40)22-6-4-5-7-24(22)48(36,43)44/h4-9,18H,10-17,19-20H2,1-3H3. The van der Waals surface area contributed by atoms with E-state index in [0.29, 0.717) is 27.4 Å². The summed E-state index contributed by atoms with van der Waals surface area (Å²) in [6, 6.07) is 10.1. The van der Waals surface area contributed by atoms with Gasteiger partial charge in [-0.25, -0.2) is 30.2 Å². The van der Waals surface area contributed by atoms with E-state index in [1.165, 1.54) is 45.0 Å². The lowest BCUT2D eigenvalue weighted by molar-refractivity contribution is -0.133. The molecule has 0 bridgehead atoms. The van der Waals surface area contributed by atoms with Crippen LogP contribution in [0.5, 0.6) is 0 Å². The fourth-order valence-corrected chi connectivity index (χ4v) is 9.15. The fraction of sp³-hybridized carbons (Fsp3) is 0.452. The first-order chi connectivity index (χ1) is 23.0. The van der Waals surface area contributed by atoms with Gasteiger partial charge >= 0.3 is 6.09 Å². The van der Waals surface area contributed by atoms with E-state index < -0.39 is 68.5 Å². The Hall–Kier alpha value is -4.71. The second kappa shape index (κ2) is 12.3. The Morgan fingerprint density at radius 2 is 1.12 bits per heavy atom. The van der Waals surface area contributed by atoms with Crippen LogP contribution < -0.4 is 4.90 Å². The number of benzene rings is 2. The van der Waals surface area contributed by atoms with E-state index in [4.69, 9.17) is 4.74 Å². The fourth-order valence-electron chi connectivity index (χ4n) is 6.14. The molecule has 6 rings (SSSR count). The second-order valence-corrected chi connectivity index (χ2v) is 16.7. The van der Waals surface area contributed by atoms with E-state index in [2.05, 4.69) is 0 Å². The van der Waals surface area contributed by atoms with E-state index in [1.54, 1.807) is 32.9 Å². The maximum atomic E-state index is 13.4. The molecule has 49 heavy (non-hydrogen) atoms. The highest BCUT2D eigenvalue weighted by Crippen LogP contribution is 2.34. The minimum absolute atomic E-state index is 0.0225. The average Bonchev–Trinajstić information content (AvgIpc) is 3.37. The third-order valence-corrected chi connectivity index (χ3v) is 12.3. The minimum Gasteiger partial charge on any atom is -0.444 e. The first-order valence-electron chi connectivity index (χ1n) is 15.6. The number of hydrogen-bond donors (Lipinski definition) is 0. The number of sulfonamides is 2. The molecule has 0 atom stereocenters. The van der Waals surface area contributed by atoms with Crippen LogP contribution in [0, 0.1) is 0 Å². The molecule has 0 saturated carbocycles. The molecule has 0 radical (unpaired) electrons. The van der Waals surface area contributed by atoms with Crippen molar-refractivity contribution in [3.05, 3.63) is 53.6 Å². The van der Waals surface area contributed by atoms with Crippen molar-refractivity contribution in [3.8, 4) is 0 Å². The number of fused-ring (bicyclic) bond motifs is 2. The Morgan fingerprint density at radius 3 is 1.65 bits per heavy atom. The highest BCUT2D eigenvalue weighted by molar-refractivity contribution is 7.90. The van der Waals surface area contributed by atoms with Gasteiger partial charge < -0.3 is 24.3 Å². The molecule has 2 fully saturated rings. The molecular formula is C31H36N6O10S2. The third-order valence-electron chi connectivity index (χ3n) is 8.74. The normalized spacial score (nSPS) is 20.0. The molecule has 16 nitrogen and oxygen atoms in total. The highest BCUT2D eigenvalue weighted by atomic mass is 32.2. The number of ether oxygens (including phenoxy) is 1. The first kappa shape index (κ1) is 34.2. The summed E-state index contributed by atoms with van der Waals surface area (Å²) in [7, 11) is -8.42. The monoisotopic (exact) mass is 716 g/mol. The molecule has 4 aliphatic heterocycles. The SMILES string of the molecule is CC(C)(C)OC(=O)N1CCN(C(=O)CN2C(=O)c3cc(N4CCN(C(=O)CN5C(=O)c6ccccc6S5(=O)=O)CC4)ccc3S2(=O)=O)CC1. The van der Waals surface area contributed by atoms with E-state index >= 15 is 0 Å². The molecule has 0 unspecified atom stereocenters. The van der Waals surface area contributed by atoms with Crippen LogP contribution in [0.2, 0.25) is 0 Å². The molecule has 262 valence electrons. The molecule has 4 heterocycles. The van der Waals surface area contributed by atoms with Crippen molar-refractivity contribution in [3.63, 3.8) is 0 Å². The largest absolute Gasteiger partial charge is 0.444 e. The Kier molecular flexibility index (Phi) is 8.59. The van der Waals surface area contributed by atoms with Gasteiger partial charge in [0.15, 0.2) is 0 Å². The van der Waals surface area contributed by atoms with Crippen LogP contribution >= 0.6 is 0 Å². The molecule has 2 aromatic carbocycles. The number of carbonyl (C=O) groups excluding carboxylic acids is 5. The predicted octanol–water partition coefficient (Wildman–Crippen LogP) is 0.404. The summed E-state index contributed by atoms with van der Waals surface area (Å²) in [4.78, 5) is 70.4. The Balaban J connectivity index is 1.05. The van der Waals surface area contributed by atoms with Crippen molar-refractivity contribution in [2.24, 2.45) is 0 Å². The van der Waals surface area contributed by atoms with Crippen LogP contribution in [0.15, 0.2) is 52.3 Å². The zero-order valence-electron chi connectivity index (χ0n) is 27.2. The van der Waals surface area contributed by atoms with Crippen LogP contribution in [-0.4, -0.2) is 141 Å². The molecule has 0 spiro atoms. The van der Waals surface area contributed by atoms with E-state index in [0.717, 1.165) is 0 Å². The van der Waals surface area contributed by atoms with Crippen molar-refractivity contribution in [1.82, 2.24) is 23.3 Å². The summed E-state index contributed by atoms with van der Waals surface area (Å²) in [5.41, 5.74) is -0.187. The zero-order chi connectivity index (χ0) is 35.5. The molecule has 0 aliphatic carbocycles. The third kappa shape index (κ3) is 6.29. The van der Waals surface area contributed by atoms with Crippen molar-refractivity contribution < 1.29 is 45.5 Å². The smallest absolute Gasteiger partial charge is 0.410 e. The Labute approximate surface area is 283 Å². The summed E-state index contributed by atoms with van der Waals surface area (Å²) >= 11 is 0. The topological polar surface area (TPSA) is 182 Å². The van der Waals surface area contributed by atoms with E-state index in [-0.39, 0.29) is 60.2 Å². The van der Waals surface area contributed by atoms with Crippen molar-refractivity contribution in [2.75, 3.05) is 70.3 Å². The lowest BCUT2D eigenvalue weighted by Gasteiger charge is -2.36. The van der Waals surface area contributed by atoms with Crippen molar-refractivity contribution >= 4 is 55.5 Å². The number of rotatable bonds is 5. The van der Waals surface area contributed by atoms with Gasteiger partial charge in [0.25, 0.3) is 31.9 Å².